The number of hydrogen-bond acceptors (Lipinski definition) is 3. The van der Waals surface area contributed by atoms with Crippen molar-refractivity contribution in [2.45, 2.75) is 45.1 Å². The number of carbonyl (C=O) groups excluding carboxylic acids is 1. The van der Waals surface area contributed by atoms with Crippen LogP contribution in [0, 0.1) is 0 Å². The third-order valence-electron chi connectivity index (χ3n) is 3.06. The maximum Gasteiger partial charge on any atom is 0.410 e. The fraction of sp³-hybridized carbons (Fsp3) is 0.643. The number of piperidine rings is 1. The standard InChI is InChI=1S/C14H20BrNO3/c1-14(2,3)19-13(17)16-6-4-5-10(8-16)12-7-11(15)9-18-12/h7,9-10H,4-6,8H2,1-3H3. The van der Waals surface area contributed by atoms with Crippen molar-refractivity contribution in [3.05, 3.63) is 22.6 Å². The summed E-state index contributed by atoms with van der Waals surface area (Å²) in [6, 6.07) is 1.98. The van der Waals surface area contributed by atoms with Gasteiger partial charge in [-0.25, -0.2) is 4.79 Å². The molecule has 0 aliphatic carbocycles. The molecule has 4 nitrogen and oxygen atoms in total. The van der Waals surface area contributed by atoms with E-state index in [0.717, 1.165) is 29.6 Å². The second-order valence-electron chi connectivity index (χ2n) is 5.93. The van der Waals surface area contributed by atoms with Crippen molar-refractivity contribution < 1.29 is 13.9 Å². The van der Waals surface area contributed by atoms with Gasteiger partial charge in [-0.15, -0.1) is 0 Å². The lowest BCUT2D eigenvalue weighted by Crippen LogP contribution is -2.42. The van der Waals surface area contributed by atoms with Gasteiger partial charge in [0.25, 0.3) is 0 Å². The molecule has 0 spiro atoms. The van der Waals surface area contributed by atoms with Gasteiger partial charge in [-0.05, 0) is 55.6 Å². The lowest BCUT2D eigenvalue weighted by Gasteiger charge is -2.33. The zero-order valence-corrected chi connectivity index (χ0v) is 13.2. The molecule has 106 valence electrons. The molecule has 19 heavy (non-hydrogen) atoms. The number of carbonyl (C=O) groups is 1. The van der Waals surface area contributed by atoms with E-state index in [0.29, 0.717) is 6.54 Å². The van der Waals surface area contributed by atoms with E-state index in [4.69, 9.17) is 9.15 Å². The maximum atomic E-state index is 12.1. The first-order valence-corrected chi connectivity index (χ1v) is 7.36. The second kappa shape index (κ2) is 5.57. The number of amides is 1. The lowest BCUT2D eigenvalue weighted by molar-refractivity contribution is 0.0192. The normalized spacial score (nSPS) is 20.4. The molecule has 0 N–H and O–H groups in total. The number of halogens is 1. The van der Waals surface area contributed by atoms with Crippen molar-refractivity contribution in [1.29, 1.82) is 0 Å². The van der Waals surface area contributed by atoms with Crippen LogP contribution in [0.2, 0.25) is 0 Å². The molecule has 5 heteroatoms. The van der Waals surface area contributed by atoms with Crippen LogP contribution in [0.5, 0.6) is 0 Å². The summed E-state index contributed by atoms with van der Waals surface area (Å²) >= 11 is 3.38. The van der Waals surface area contributed by atoms with Gasteiger partial charge in [-0.1, -0.05) is 0 Å². The summed E-state index contributed by atoms with van der Waals surface area (Å²) in [5.74, 6) is 1.19. The number of furan rings is 1. The summed E-state index contributed by atoms with van der Waals surface area (Å²) in [6.07, 6.45) is 3.46. The number of likely N-dealkylation sites (tertiary alicyclic amines) is 1. The molecule has 0 bridgehead atoms. The van der Waals surface area contributed by atoms with Crippen LogP contribution in [-0.2, 0) is 4.74 Å². The van der Waals surface area contributed by atoms with Crippen LogP contribution in [0.15, 0.2) is 21.2 Å². The van der Waals surface area contributed by atoms with Gasteiger partial charge in [0.15, 0.2) is 0 Å². The predicted molar refractivity (Wildman–Crippen MR) is 76.2 cm³/mol. The Hall–Kier alpha value is -0.970. The highest BCUT2D eigenvalue weighted by atomic mass is 79.9. The van der Waals surface area contributed by atoms with Gasteiger partial charge in [0.1, 0.15) is 17.6 Å². The van der Waals surface area contributed by atoms with E-state index in [-0.39, 0.29) is 12.0 Å². The van der Waals surface area contributed by atoms with Crippen LogP contribution in [0.1, 0.15) is 45.3 Å². The van der Waals surface area contributed by atoms with Gasteiger partial charge in [0.2, 0.25) is 0 Å². The minimum atomic E-state index is -0.447. The van der Waals surface area contributed by atoms with E-state index in [1.54, 1.807) is 11.2 Å². The molecular formula is C14H20BrNO3. The average molecular weight is 330 g/mol. The number of ether oxygens (including phenoxy) is 1. The minimum Gasteiger partial charge on any atom is -0.468 e. The summed E-state index contributed by atoms with van der Waals surface area (Å²) in [5.41, 5.74) is -0.447. The highest BCUT2D eigenvalue weighted by Gasteiger charge is 2.29. The molecular weight excluding hydrogens is 310 g/mol. The highest BCUT2D eigenvalue weighted by Crippen LogP contribution is 2.30. The zero-order chi connectivity index (χ0) is 14.0. The Kier molecular flexibility index (Phi) is 4.23. The fourth-order valence-corrected chi connectivity index (χ4v) is 2.56. The largest absolute Gasteiger partial charge is 0.468 e. The van der Waals surface area contributed by atoms with E-state index >= 15 is 0 Å². The average Bonchev–Trinajstić information content (AvgIpc) is 2.74. The molecule has 1 amide bonds. The predicted octanol–water partition coefficient (Wildman–Crippen LogP) is 4.16. The van der Waals surface area contributed by atoms with Crippen LogP contribution < -0.4 is 0 Å². The van der Waals surface area contributed by atoms with Crippen LogP contribution in [0.3, 0.4) is 0 Å². The molecule has 1 fully saturated rings. The zero-order valence-electron chi connectivity index (χ0n) is 11.6. The second-order valence-corrected chi connectivity index (χ2v) is 6.85. The van der Waals surface area contributed by atoms with Gasteiger partial charge in [-0.2, -0.15) is 0 Å². The first-order chi connectivity index (χ1) is 8.85. The summed E-state index contributed by atoms with van der Waals surface area (Å²) < 4.78 is 11.9. The Bertz CT molecular complexity index is 450. The first kappa shape index (κ1) is 14.4. The van der Waals surface area contributed by atoms with Gasteiger partial charge in [0.05, 0.1) is 4.47 Å². The monoisotopic (exact) mass is 329 g/mol. The Morgan fingerprint density at radius 2 is 2.26 bits per heavy atom. The van der Waals surface area contributed by atoms with E-state index in [9.17, 15) is 4.79 Å². The third kappa shape index (κ3) is 4.00. The molecule has 1 aliphatic heterocycles. The van der Waals surface area contributed by atoms with Crippen LogP contribution in [0.25, 0.3) is 0 Å². The Morgan fingerprint density at radius 3 is 2.84 bits per heavy atom. The quantitative estimate of drug-likeness (QED) is 0.777. The number of rotatable bonds is 1. The molecule has 1 aliphatic rings. The Labute approximate surface area is 122 Å². The van der Waals surface area contributed by atoms with E-state index < -0.39 is 5.60 Å². The summed E-state index contributed by atoms with van der Waals surface area (Å²) in [7, 11) is 0. The Morgan fingerprint density at radius 1 is 1.53 bits per heavy atom. The van der Waals surface area contributed by atoms with Crippen molar-refractivity contribution in [2.75, 3.05) is 13.1 Å². The number of nitrogens with zero attached hydrogens (tertiary/aromatic N) is 1. The van der Waals surface area contributed by atoms with E-state index in [1.165, 1.54) is 0 Å². The third-order valence-corrected chi connectivity index (χ3v) is 3.48. The van der Waals surface area contributed by atoms with Gasteiger partial charge < -0.3 is 14.1 Å². The van der Waals surface area contributed by atoms with Gasteiger partial charge in [-0.3, -0.25) is 0 Å². The maximum absolute atomic E-state index is 12.1. The molecule has 1 aromatic rings. The molecule has 1 atom stereocenters. The van der Waals surface area contributed by atoms with Crippen LogP contribution in [0.4, 0.5) is 4.79 Å². The lowest BCUT2D eigenvalue weighted by atomic mass is 9.96. The van der Waals surface area contributed by atoms with E-state index in [1.807, 2.05) is 26.8 Å². The first-order valence-electron chi connectivity index (χ1n) is 6.57. The van der Waals surface area contributed by atoms with Crippen molar-refractivity contribution in [1.82, 2.24) is 4.90 Å². The van der Waals surface area contributed by atoms with Crippen molar-refractivity contribution >= 4 is 22.0 Å². The van der Waals surface area contributed by atoms with Crippen molar-refractivity contribution in [3.8, 4) is 0 Å². The minimum absolute atomic E-state index is 0.233. The van der Waals surface area contributed by atoms with Crippen molar-refractivity contribution in [3.63, 3.8) is 0 Å². The smallest absolute Gasteiger partial charge is 0.410 e. The molecule has 1 aromatic heterocycles. The molecule has 1 unspecified atom stereocenters. The topological polar surface area (TPSA) is 42.7 Å². The molecule has 2 rings (SSSR count). The van der Waals surface area contributed by atoms with Crippen LogP contribution in [-0.4, -0.2) is 29.7 Å². The summed E-state index contributed by atoms with van der Waals surface area (Å²) in [6.45, 7) is 7.07. The van der Waals surface area contributed by atoms with Crippen LogP contribution >= 0.6 is 15.9 Å². The van der Waals surface area contributed by atoms with Gasteiger partial charge >= 0.3 is 6.09 Å². The summed E-state index contributed by atoms with van der Waals surface area (Å²) in [5, 5.41) is 0. The SMILES string of the molecule is CC(C)(C)OC(=O)N1CCCC(c2cc(Br)co2)C1. The molecule has 1 saturated heterocycles. The van der Waals surface area contributed by atoms with Gasteiger partial charge in [0, 0.05) is 19.0 Å². The highest BCUT2D eigenvalue weighted by molar-refractivity contribution is 9.10. The summed E-state index contributed by atoms with van der Waals surface area (Å²) in [4.78, 5) is 13.8. The Balaban J connectivity index is 1.99. The fourth-order valence-electron chi connectivity index (χ4n) is 2.24. The molecule has 0 radical (unpaired) electrons. The van der Waals surface area contributed by atoms with Crippen molar-refractivity contribution in [2.24, 2.45) is 0 Å². The number of hydrogen-bond donors (Lipinski definition) is 0. The molecule has 2 heterocycles. The van der Waals surface area contributed by atoms with E-state index in [2.05, 4.69) is 15.9 Å². The molecule has 0 saturated carbocycles. The molecule has 0 aromatic carbocycles.